The van der Waals surface area contributed by atoms with Crippen LogP contribution in [0.5, 0.6) is 23.0 Å². The highest BCUT2D eigenvalue weighted by molar-refractivity contribution is 14.1. The van der Waals surface area contributed by atoms with Crippen LogP contribution in [0.3, 0.4) is 0 Å². The highest BCUT2D eigenvalue weighted by atomic mass is 127. The second-order valence-corrected chi connectivity index (χ2v) is 9.71. The first-order valence-electron chi connectivity index (χ1n) is 12.0. The number of aromatic carboxylic acids is 1. The van der Waals surface area contributed by atoms with Crippen molar-refractivity contribution in [1.82, 2.24) is 5.32 Å². The third kappa shape index (κ3) is 5.43. The van der Waals surface area contributed by atoms with Crippen molar-refractivity contribution in [3.05, 3.63) is 80.4 Å². The first-order valence-corrected chi connectivity index (χ1v) is 13.1. The molecule has 3 aromatic rings. The molecule has 0 saturated carbocycles. The minimum absolute atomic E-state index is 0.0256. The number of nitrogens with zero attached hydrogens (tertiary/aromatic N) is 1. The smallest absolute Gasteiger partial charge is 0.335 e. The topological polar surface area (TPSA) is 141 Å². The fourth-order valence-electron chi connectivity index (χ4n) is 4.11. The van der Waals surface area contributed by atoms with E-state index in [0.29, 0.717) is 44.3 Å². The maximum atomic E-state index is 13.4. The van der Waals surface area contributed by atoms with Gasteiger partial charge >= 0.3 is 12.0 Å². The summed E-state index contributed by atoms with van der Waals surface area (Å²) in [5.74, 6) is -1.04. The zero-order chi connectivity index (χ0) is 28.4. The molecule has 0 bridgehead atoms. The van der Waals surface area contributed by atoms with Gasteiger partial charge in [0, 0.05) is 6.07 Å². The van der Waals surface area contributed by atoms with E-state index in [2.05, 4.69) is 5.32 Å². The molecule has 12 heteroatoms. The number of rotatable bonds is 8. The van der Waals surface area contributed by atoms with Crippen LogP contribution in [0.4, 0.5) is 10.5 Å². The monoisotopic (exact) mass is 656 g/mol. The number of halogens is 1. The van der Waals surface area contributed by atoms with Crippen molar-refractivity contribution in [2.24, 2.45) is 0 Å². The molecule has 2 N–H and O–H groups in total. The molecular weight excluding hydrogens is 635 g/mol. The molecule has 5 rings (SSSR count). The number of carboxylic acids is 1. The molecule has 40 heavy (non-hydrogen) atoms. The molecule has 11 nitrogen and oxygen atoms in total. The molecule has 4 amide bonds. The van der Waals surface area contributed by atoms with Gasteiger partial charge in [0.2, 0.25) is 6.79 Å². The molecule has 1 saturated heterocycles. The second kappa shape index (κ2) is 11.3. The summed E-state index contributed by atoms with van der Waals surface area (Å²) in [7, 11) is 0. The Morgan fingerprint density at radius 2 is 1.88 bits per heavy atom. The number of urea groups is 1. The molecule has 3 aromatic carbocycles. The minimum atomic E-state index is -1.04. The Hall–Kier alpha value is -4.59. The van der Waals surface area contributed by atoms with Crippen molar-refractivity contribution < 1.29 is 43.2 Å². The molecule has 204 valence electrons. The molecule has 2 aliphatic rings. The van der Waals surface area contributed by atoms with Gasteiger partial charge in [-0.1, -0.05) is 12.1 Å². The van der Waals surface area contributed by atoms with Gasteiger partial charge in [0.15, 0.2) is 23.0 Å². The number of carbonyl (C=O) groups is 4. The Morgan fingerprint density at radius 1 is 1.07 bits per heavy atom. The van der Waals surface area contributed by atoms with Crippen molar-refractivity contribution in [3.8, 4) is 23.0 Å². The lowest BCUT2D eigenvalue weighted by atomic mass is 10.1. The molecular formula is C28H21IN2O9. The summed E-state index contributed by atoms with van der Waals surface area (Å²) in [4.78, 5) is 50.8. The standard InChI is InChI=1S/C28H21IN2O9/c1-2-37-23-11-16(10-20(29)24(23)38-13-15-4-3-5-17(8-15)27(34)35)9-19-25(32)30-28(36)31(26(19)33)18-6-7-21-22(12-18)40-14-39-21/h3-12H,2,13-14H2,1H3,(H,34,35)(H,30,32,36)/b19-9+. The Kier molecular flexibility index (Phi) is 7.60. The summed E-state index contributed by atoms with van der Waals surface area (Å²) in [6.45, 7) is 2.22. The van der Waals surface area contributed by atoms with Crippen LogP contribution in [-0.4, -0.2) is 42.3 Å². The Bertz CT molecular complexity index is 1580. The summed E-state index contributed by atoms with van der Waals surface area (Å²) >= 11 is 2.05. The molecule has 2 aliphatic heterocycles. The van der Waals surface area contributed by atoms with E-state index in [1.54, 1.807) is 37.3 Å². The van der Waals surface area contributed by atoms with Crippen LogP contribution in [0.1, 0.15) is 28.4 Å². The maximum absolute atomic E-state index is 13.4. The van der Waals surface area contributed by atoms with E-state index in [1.165, 1.54) is 30.3 Å². The average molecular weight is 656 g/mol. The Balaban J connectivity index is 1.44. The van der Waals surface area contributed by atoms with E-state index in [4.69, 9.17) is 18.9 Å². The number of barbiturate groups is 1. The van der Waals surface area contributed by atoms with Crippen LogP contribution in [0.25, 0.3) is 6.08 Å². The highest BCUT2D eigenvalue weighted by Gasteiger charge is 2.37. The van der Waals surface area contributed by atoms with Gasteiger partial charge < -0.3 is 24.1 Å². The average Bonchev–Trinajstić information content (AvgIpc) is 3.39. The number of hydrogen-bond donors (Lipinski definition) is 2. The summed E-state index contributed by atoms with van der Waals surface area (Å²) in [5.41, 5.74) is 1.22. The highest BCUT2D eigenvalue weighted by Crippen LogP contribution is 2.38. The Morgan fingerprint density at radius 3 is 2.65 bits per heavy atom. The van der Waals surface area contributed by atoms with Crippen LogP contribution in [-0.2, 0) is 16.2 Å². The van der Waals surface area contributed by atoms with Gasteiger partial charge in [-0.2, -0.15) is 0 Å². The van der Waals surface area contributed by atoms with Gasteiger partial charge in [0.1, 0.15) is 12.2 Å². The largest absolute Gasteiger partial charge is 0.490 e. The van der Waals surface area contributed by atoms with Gasteiger partial charge in [-0.3, -0.25) is 14.9 Å². The lowest BCUT2D eigenvalue weighted by Crippen LogP contribution is -2.54. The number of ether oxygens (including phenoxy) is 4. The number of nitrogens with one attached hydrogen (secondary N) is 1. The SMILES string of the molecule is CCOc1cc(/C=C2\C(=O)NC(=O)N(c3ccc4c(c3)OCO4)C2=O)cc(I)c1OCc1cccc(C(=O)O)c1. The molecule has 0 aliphatic carbocycles. The number of amides is 4. The quantitative estimate of drug-likeness (QED) is 0.206. The van der Waals surface area contributed by atoms with Gasteiger partial charge in [0.05, 0.1) is 21.4 Å². The number of benzene rings is 3. The summed E-state index contributed by atoms with van der Waals surface area (Å²) in [5, 5.41) is 11.4. The van der Waals surface area contributed by atoms with Crippen molar-refractivity contribution in [3.63, 3.8) is 0 Å². The van der Waals surface area contributed by atoms with E-state index in [-0.39, 0.29) is 30.2 Å². The second-order valence-electron chi connectivity index (χ2n) is 8.55. The molecule has 2 heterocycles. The number of fused-ring (bicyclic) bond motifs is 1. The van der Waals surface area contributed by atoms with Gasteiger partial charge in [-0.25, -0.2) is 14.5 Å². The van der Waals surface area contributed by atoms with Gasteiger partial charge in [-0.05, 0) is 83.1 Å². The van der Waals surface area contributed by atoms with E-state index in [0.717, 1.165) is 4.90 Å². The molecule has 1 fully saturated rings. The van der Waals surface area contributed by atoms with Crippen molar-refractivity contribution in [1.29, 1.82) is 0 Å². The van der Waals surface area contributed by atoms with Crippen molar-refractivity contribution >= 4 is 58.2 Å². The van der Waals surface area contributed by atoms with E-state index in [1.807, 2.05) is 22.6 Å². The van der Waals surface area contributed by atoms with Crippen LogP contribution in [0.15, 0.2) is 60.2 Å². The fraction of sp³-hybridized carbons (Fsp3) is 0.143. The number of carbonyl (C=O) groups excluding carboxylic acids is 3. The zero-order valence-electron chi connectivity index (χ0n) is 20.9. The lowest BCUT2D eigenvalue weighted by Gasteiger charge is -2.26. The molecule has 0 radical (unpaired) electrons. The third-order valence-electron chi connectivity index (χ3n) is 5.92. The number of anilines is 1. The normalized spacial score (nSPS) is 15.3. The fourth-order valence-corrected chi connectivity index (χ4v) is 4.89. The van der Waals surface area contributed by atoms with Crippen LogP contribution >= 0.6 is 22.6 Å². The third-order valence-corrected chi connectivity index (χ3v) is 6.72. The Labute approximate surface area is 241 Å². The number of imide groups is 2. The zero-order valence-corrected chi connectivity index (χ0v) is 23.1. The summed E-state index contributed by atoms with van der Waals surface area (Å²) in [6, 6.07) is 13.4. The molecule has 0 atom stereocenters. The first-order chi connectivity index (χ1) is 19.2. The number of carboxylic acid groups (broad SMARTS) is 1. The number of hydrogen-bond acceptors (Lipinski definition) is 8. The van der Waals surface area contributed by atoms with Crippen LogP contribution < -0.4 is 29.2 Å². The molecule has 0 unspecified atom stereocenters. The molecule has 0 spiro atoms. The van der Waals surface area contributed by atoms with E-state index >= 15 is 0 Å². The van der Waals surface area contributed by atoms with Crippen LogP contribution in [0, 0.1) is 3.57 Å². The summed E-state index contributed by atoms with van der Waals surface area (Å²) in [6.07, 6.45) is 1.37. The van der Waals surface area contributed by atoms with Crippen LogP contribution in [0.2, 0.25) is 0 Å². The van der Waals surface area contributed by atoms with Crippen molar-refractivity contribution in [2.45, 2.75) is 13.5 Å². The van der Waals surface area contributed by atoms with Gasteiger partial charge in [-0.15, -0.1) is 0 Å². The maximum Gasteiger partial charge on any atom is 0.335 e. The predicted molar refractivity (Wildman–Crippen MR) is 150 cm³/mol. The minimum Gasteiger partial charge on any atom is -0.490 e. The van der Waals surface area contributed by atoms with E-state index < -0.39 is 23.8 Å². The lowest BCUT2D eigenvalue weighted by molar-refractivity contribution is -0.122. The van der Waals surface area contributed by atoms with E-state index in [9.17, 15) is 24.3 Å². The van der Waals surface area contributed by atoms with Crippen molar-refractivity contribution in [2.75, 3.05) is 18.3 Å². The first kappa shape index (κ1) is 27.0. The summed E-state index contributed by atoms with van der Waals surface area (Å²) < 4.78 is 23.0. The predicted octanol–water partition coefficient (Wildman–Crippen LogP) is 4.36. The van der Waals surface area contributed by atoms with Gasteiger partial charge in [0.25, 0.3) is 11.8 Å². The molecule has 0 aromatic heterocycles.